The predicted octanol–water partition coefficient (Wildman–Crippen LogP) is 6.45. The van der Waals surface area contributed by atoms with Gasteiger partial charge in [-0.05, 0) is 60.9 Å². The van der Waals surface area contributed by atoms with E-state index in [1.807, 2.05) is 13.0 Å². The number of rotatable bonds is 4. The summed E-state index contributed by atoms with van der Waals surface area (Å²) < 4.78 is 25.1. The van der Waals surface area contributed by atoms with Gasteiger partial charge in [-0.1, -0.05) is 41.4 Å². The van der Waals surface area contributed by atoms with Crippen molar-refractivity contribution >= 4 is 35.1 Å². The van der Waals surface area contributed by atoms with Crippen LogP contribution in [0, 0.1) is 12.7 Å². The fourth-order valence-corrected chi connectivity index (χ4v) is 4.44. The van der Waals surface area contributed by atoms with Gasteiger partial charge in [0, 0.05) is 24.2 Å². The van der Waals surface area contributed by atoms with E-state index >= 15 is 0 Å². The second-order valence-electron chi connectivity index (χ2n) is 8.18. The van der Waals surface area contributed by atoms with E-state index in [4.69, 9.17) is 32.7 Å². The van der Waals surface area contributed by atoms with Crippen molar-refractivity contribution < 1.29 is 18.7 Å². The minimum Gasteiger partial charge on any atom is -0.477 e. The molecular formula is C26H20Cl2FNO3. The Kier molecular flexibility index (Phi) is 5.87. The van der Waals surface area contributed by atoms with Gasteiger partial charge in [-0.15, -0.1) is 0 Å². The fourth-order valence-electron chi connectivity index (χ4n) is 4.13. The molecule has 0 bridgehead atoms. The highest BCUT2D eigenvalue weighted by atomic mass is 35.5. The summed E-state index contributed by atoms with van der Waals surface area (Å²) in [6, 6.07) is 13.5. The molecule has 0 fully saturated rings. The first-order chi connectivity index (χ1) is 15.9. The number of ether oxygens (including phenoxy) is 2. The molecule has 0 aromatic heterocycles. The molecule has 7 heteroatoms. The second-order valence-corrected chi connectivity index (χ2v) is 9.00. The first-order valence-corrected chi connectivity index (χ1v) is 11.3. The van der Waals surface area contributed by atoms with Gasteiger partial charge < -0.3 is 9.47 Å². The molecule has 3 aromatic rings. The third-order valence-electron chi connectivity index (χ3n) is 5.87. The Bertz CT molecular complexity index is 1290. The molecule has 0 spiro atoms. The maximum atomic E-state index is 13.1. The smallest absolute Gasteiger partial charge is 0.231 e. The summed E-state index contributed by atoms with van der Waals surface area (Å²) >= 11 is 12.1. The van der Waals surface area contributed by atoms with Crippen LogP contribution in [0.3, 0.4) is 0 Å². The average molecular weight is 484 g/mol. The highest BCUT2D eigenvalue weighted by Gasteiger charge is 2.33. The standard InChI is InChI=1S/C26H20Cl2FNO3/c1-15-25-18(13-30(14-32-25)9-8-16-2-5-19(29)6-3-16)12-20-24(31)23(33-26(15)20)11-17-4-7-21(27)22(28)10-17/h2-7,10-12H,8-9,13-14H2,1H3/b23-11-. The molecule has 2 aliphatic rings. The quantitative estimate of drug-likeness (QED) is 0.399. The van der Waals surface area contributed by atoms with E-state index in [0.717, 1.165) is 41.0 Å². The zero-order valence-corrected chi connectivity index (χ0v) is 19.3. The van der Waals surface area contributed by atoms with Crippen LogP contribution in [0.4, 0.5) is 4.39 Å². The molecule has 2 aliphatic heterocycles. The molecule has 0 saturated heterocycles. The topological polar surface area (TPSA) is 38.8 Å². The number of carbonyl (C=O) groups excluding carboxylic acids is 1. The van der Waals surface area contributed by atoms with E-state index in [1.165, 1.54) is 12.1 Å². The van der Waals surface area contributed by atoms with Crippen molar-refractivity contribution in [3.05, 3.63) is 98.0 Å². The molecule has 0 unspecified atom stereocenters. The lowest BCUT2D eigenvalue weighted by Gasteiger charge is -2.30. The molecule has 2 heterocycles. The maximum absolute atomic E-state index is 13.1. The number of allylic oxidation sites excluding steroid dienone is 1. The first-order valence-electron chi connectivity index (χ1n) is 10.5. The minimum absolute atomic E-state index is 0.176. The molecule has 0 atom stereocenters. The number of fused-ring (bicyclic) bond motifs is 2. The SMILES string of the molecule is Cc1c2c(cc3c1O/C(=C\c1ccc(Cl)c(Cl)c1)C3=O)CN(CCc1ccc(F)cc1)CO2. The maximum Gasteiger partial charge on any atom is 0.231 e. The van der Waals surface area contributed by atoms with Crippen LogP contribution in [-0.4, -0.2) is 24.0 Å². The van der Waals surface area contributed by atoms with Crippen molar-refractivity contribution in [2.75, 3.05) is 13.3 Å². The Balaban J connectivity index is 1.36. The average Bonchev–Trinajstić information content (AvgIpc) is 3.11. The van der Waals surface area contributed by atoms with Crippen LogP contribution in [0.25, 0.3) is 6.08 Å². The third kappa shape index (κ3) is 4.36. The molecule has 0 saturated carbocycles. The number of halogens is 3. The number of ketones is 1. The summed E-state index contributed by atoms with van der Waals surface area (Å²) in [4.78, 5) is 15.2. The molecular weight excluding hydrogens is 464 g/mol. The molecule has 0 aliphatic carbocycles. The lowest BCUT2D eigenvalue weighted by atomic mass is 10.00. The van der Waals surface area contributed by atoms with Crippen molar-refractivity contribution in [3.63, 3.8) is 0 Å². The van der Waals surface area contributed by atoms with E-state index < -0.39 is 0 Å². The highest BCUT2D eigenvalue weighted by molar-refractivity contribution is 6.42. The molecule has 33 heavy (non-hydrogen) atoms. The van der Waals surface area contributed by atoms with Gasteiger partial charge in [0.25, 0.3) is 0 Å². The predicted molar refractivity (Wildman–Crippen MR) is 127 cm³/mol. The van der Waals surface area contributed by atoms with E-state index in [0.29, 0.717) is 34.6 Å². The molecule has 0 amide bonds. The van der Waals surface area contributed by atoms with Crippen LogP contribution in [0.2, 0.25) is 10.0 Å². The Labute approximate surface area is 201 Å². The third-order valence-corrected chi connectivity index (χ3v) is 6.61. The fraction of sp³-hybridized carbons (Fsp3) is 0.192. The Hall–Kier alpha value is -2.86. The molecule has 0 N–H and O–H groups in total. The van der Waals surface area contributed by atoms with Crippen molar-refractivity contribution in [1.82, 2.24) is 4.90 Å². The lowest BCUT2D eigenvalue weighted by molar-refractivity contribution is 0.0954. The zero-order valence-electron chi connectivity index (χ0n) is 17.8. The van der Waals surface area contributed by atoms with Crippen molar-refractivity contribution in [1.29, 1.82) is 0 Å². The van der Waals surface area contributed by atoms with E-state index in [1.54, 1.807) is 36.4 Å². The summed E-state index contributed by atoms with van der Waals surface area (Å²) in [6.07, 6.45) is 2.44. The number of carbonyl (C=O) groups is 1. The summed E-state index contributed by atoms with van der Waals surface area (Å²) in [5.74, 6) is 1.12. The number of Topliss-reactive ketones (excluding diaryl/α,β-unsaturated/α-hetero) is 1. The van der Waals surface area contributed by atoms with Gasteiger partial charge in [0.05, 0.1) is 15.6 Å². The van der Waals surface area contributed by atoms with Gasteiger partial charge in [0.1, 0.15) is 24.0 Å². The number of hydrogen-bond acceptors (Lipinski definition) is 4. The summed E-state index contributed by atoms with van der Waals surface area (Å²) in [5.41, 5.74) is 4.08. The van der Waals surface area contributed by atoms with Crippen LogP contribution < -0.4 is 9.47 Å². The van der Waals surface area contributed by atoms with E-state index in [2.05, 4.69) is 4.90 Å². The largest absolute Gasteiger partial charge is 0.477 e. The highest BCUT2D eigenvalue weighted by Crippen LogP contribution is 2.43. The van der Waals surface area contributed by atoms with Gasteiger partial charge in [-0.25, -0.2) is 4.39 Å². The van der Waals surface area contributed by atoms with Gasteiger partial charge in [0.15, 0.2) is 5.76 Å². The first kappa shape index (κ1) is 22.0. The van der Waals surface area contributed by atoms with Crippen LogP contribution in [0.1, 0.15) is 32.6 Å². The molecule has 4 nitrogen and oxygen atoms in total. The molecule has 0 radical (unpaired) electrons. The van der Waals surface area contributed by atoms with Gasteiger partial charge in [-0.2, -0.15) is 0 Å². The second kappa shape index (κ2) is 8.82. The molecule has 168 valence electrons. The van der Waals surface area contributed by atoms with Crippen molar-refractivity contribution in [2.24, 2.45) is 0 Å². The Morgan fingerprint density at radius 1 is 1.06 bits per heavy atom. The van der Waals surface area contributed by atoms with Gasteiger partial charge >= 0.3 is 0 Å². The zero-order chi connectivity index (χ0) is 23.1. The number of benzene rings is 3. The minimum atomic E-state index is -0.238. The van der Waals surface area contributed by atoms with Gasteiger partial charge in [0.2, 0.25) is 5.78 Å². The monoisotopic (exact) mass is 483 g/mol. The summed E-state index contributed by atoms with van der Waals surface area (Å²) in [5, 5.41) is 0.861. The summed E-state index contributed by atoms with van der Waals surface area (Å²) in [7, 11) is 0. The van der Waals surface area contributed by atoms with Crippen LogP contribution >= 0.6 is 23.2 Å². The van der Waals surface area contributed by atoms with Crippen molar-refractivity contribution in [2.45, 2.75) is 19.9 Å². The Morgan fingerprint density at radius 2 is 1.85 bits per heavy atom. The van der Waals surface area contributed by atoms with Crippen LogP contribution in [0.5, 0.6) is 11.5 Å². The molecule has 3 aromatic carbocycles. The Morgan fingerprint density at radius 3 is 2.61 bits per heavy atom. The number of nitrogens with zero attached hydrogens (tertiary/aromatic N) is 1. The van der Waals surface area contributed by atoms with Crippen molar-refractivity contribution in [3.8, 4) is 11.5 Å². The van der Waals surface area contributed by atoms with Crippen LogP contribution in [0.15, 0.2) is 54.3 Å². The summed E-state index contributed by atoms with van der Waals surface area (Å²) in [6.45, 7) is 3.76. The normalized spacial score (nSPS) is 16.4. The number of hydrogen-bond donors (Lipinski definition) is 0. The van der Waals surface area contributed by atoms with E-state index in [9.17, 15) is 9.18 Å². The van der Waals surface area contributed by atoms with Gasteiger partial charge in [-0.3, -0.25) is 9.69 Å². The van der Waals surface area contributed by atoms with Crippen LogP contribution in [-0.2, 0) is 13.0 Å². The molecule has 5 rings (SSSR count). The van der Waals surface area contributed by atoms with E-state index in [-0.39, 0.29) is 17.4 Å². The lowest BCUT2D eigenvalue weighted by Crippen LogP contribution is -2.34.